The van der Waals surface area contributed by atoms with Crippen molar-refractivity contribution in [3.05, 3.63) is 33.6 Å². The van der Waals surface area contributed by atoms with Crippen LogP contribution in [-0.2, 0) is 9.84 Å². The van der Waals surface area contributed by atoms with Gasteiger partial charge in [-0.2, -0.15) is 0 Å². The number of allylic oxidation sites excluding steroid dienone is 1. The normalized spacial score (nSPS) is 17.0. The second kappa shape index (κ2) is 4.31. The van der Waals surface area contributed by atoms with E-state index >= 15 is 0 Å². The lowest BCUT2D eigenvalue weighted by Crippen LogP contribution is -1.98. The van der Waals surface area contributed by atoms with Gasteiger partial charge in [-0.1, -0.05) is 15.9 Å². The van der Waals surface area contributed by atoms with Crippen molar-refractivity contribution in [3.63, 3.8) is 0 Å². The molecule has 0 saturated carbocycles. The van der Waals surface area contributed by atoms with E-state index in [0.29, 0.717) is 17.9 Å². The number of hydrogen-bond donors (Lipinski definition) is 1. The minimum atomic E-state index is -3.23. The SMILES string of the molecule is NCCCC1=CS(=O)(=O)c2ccc(Br)cc21. The van der Waals surface area contributed by atoms with Gasteiger partial charge in [0, 0.05) is 9.88 Å². The quantitative estimate of drug-likeness (QED) is 0.932. The van der Waals surface area contributed by atoms with Crippen LogP contribution < -0.4 is 5.73 Å². The van der Waals surface area contributed by atoms with Crippen LogP contribution in [-0.4, -0.2) is 15.0 Å². The van der Waals surface area contributed by atoms with Crippen LogP contribution in [0.2, 0.25) is 0 Å². The highest BCUT2D eigenvalue weighted by Gasteiger charge is 2.26. The van der Waals surface area contributed by atoms with E-state index < -0.39 is 9.84 Å². The minimum Gasteiger partial charge on any atom is -0.330 e. The molecule has 2 N–H and O–H groups in total. The third-order valence-electron chi connectivity index (χ3n) is 2.54. The average Bonchev–Trinajstić information content (AvgIpc) is 2.47. The van der Waals surface area contributed by atoms with Crippen molar-refractivity contribution >= 4 is 31.3 Å². The first-order valence-electron chi connectivity index (χ1n) is 5.00. The summed E-state index contributed by atoms with van der Waals surface area (Å²) in [6.45, 7) is 0.570. The molecule has 0 bridgehead atoms. The van der Waals surface area contributed by atoms with E-state index in [4.69, 9.17) is 5.73 Å². The molecule has 1 aromatic carbocycles. The van der Waals surface area contributed by atoms with Gasteiger partial charge in [-0.15, -0.1) is 0 Å². The van der Waals surface area contributed by atoms with Crippen LogP contribution in [0.5, 0.6) is 0 Å². The van der Waals surface area contributed by atoms with Gasteiger partial charge in [-0.3, -0.25) is 0 Å². The second-order valence-electron chi connectivity index (χ2n) is 3.72. The smallest absolute Gasteiger partial charge is 0.200 e. The fourth-order valence-corrected chi connectivity index (χ4v) is 3.66. The molecule has 0 radical (unpaired) electrons. The van der Waals surface area contributed by atoms with Crippen LogP contribution in [0.3, 0.4) is 0 Å². The number of sulfone groups is 1. The van der Waals surface area contributed by atoms with Gasteiger partial charge in [0.1, 0.15) is 0 Å². The zero-order valence-electron chi connectivity index (χ0n) is 8.61. The van der Waals surface area contributed by atoms with E-state index in [2.05, 4.69) is 15.9 Å². The molecule has 3 nitrogen and oxygen atoms in total. The maximum absolute atomic E-state index is 11.8. The molecule has 2 rings (SSSR count). The minimum absolute atomic E-state index is 0.405. The zero-order valence-corrected chi connectivity index (χ0v) is 11.0. The van der Waals surface area contributed by atoms with Crippen LogP contribution in [0.15, 0.2) is 33.0 Å². The monoisotopic (exact) mass is 301 g/mol. The first kappa shape index (κ1) is 11.8. The van der Waals surface area contributed by atoms with E-state index in [1.807, 2.05) is 6.07 Å². The molecule has 16 heavy (non-hydrogen) atoms. The Morgan fingerprint density at radius 3 is 2.75 bits per heavy atom. The first-order valence-corrected chi connectivity index (χ1v) is 7.34. The van der Waals surface area contributed by atoms with Gasteiger partial charge in [0.25, 0.3) is 0 Å². The number of nitrogens with two attached hydrogens (primary N) is 1. The summed E-state index contributed by atoms with van der Waals surface area (Å²) in [7, 11) is -3.23. The largest absolute Gasteiger partial charge is 0.330 e. The Morgan fingerprint density at radius 1 is 1.31 bits per heavy atom. The van der Waals surface area contributed by atoms with Gasteiger partial charge < -0.3 is 5.73 Å². The highest BCUT2D eigenvalue weighted by Crippen LogP contribution is 2.37. The first-order chi connectivity index (χ1) is 7.54. The van der Waals surface area contributed by atoms with Gasteiger partial charge >= 0.3 is 0 Å². The van der Waals surface area contributed by atoms with Gasteiger partial charge in [0.15, 0.2) is 0 Å². The van der Waals surface area contributed by atoms with Crippen molar-refractivity contribution in [2.24, 2.45) is 5.73 Å². The van der Waals surface area contributed by atoms with Crippen LogP contribution in [0.4, 0.5) is 0 Å². The third-order valence-corrected chi connectivity index (χ3v) is 4.60. The molecule has 86 valence electrons. The fourth-order valence-electron chi connectivity index (χ4n) is 1.80. The molecule has 0 unspecified atom stereocenters. The van der Waals surface area contributed by atoms with E-state index in [0.717, 1.165) is 22.0 Å². The molecule has 1 aliphatic rings. The molecular formula is C11H12BrNO2S. The van der Waals surface area contributed by atoms with Gasteiger partial charge in [0.2, 0.25) is 9.84 Å². The van der Waals surface area contributed by atoms with E-state index in [1.54, 1.807) is 12.1 Å². The van der Waals surface area contributed by atoms with E-state index in [9.17, 15) is 8.42 Å². The van der Waals surface area contributed by atoms with Crippen molar-refractivity contribution in [1.29, 1.82) is 0 Å². The van der Waals surface area contributed by atoms with Gasteiger partial charge in [-0.05, 0) is 48.7 Å². The van der Waals surface area contributed by atoms with Crippen LogP contribution in [0.1, 0.15) is 18.4 Å². The Balaban J connectivity index is 2.49. The number of benzene rings is 1. The summed E-state index contributed by atoms with van der Waals surface area (Å²) in [4.78, 5) is 0.405. The van der Waals surface area contributed by atoms with Crippen molar-refractivity contribution < 1.29 is 8.42 Å². The maximum Gasteiger partial charge on any atom is 0.200 e. The molecule has 5 heteroatoms. The van der Waals surface area contributed by atoms with Gasteiger partial charge in [-0.25, -0.2) is 8.42 Å². The summed E-state index contributed by atoms with van der Waals surface area (Å²) < 4.78 is 24.5. The van der Waals surface area contributed by atoms with E-state index in [1.165, 1.54) is 5.41 Å². The standard InChI is InChI=1S/C11H12BrNO2S/c12-9-3-4-11-10(6-9)8(2-1-5-13)7-16(11,14)15/h3-4,6-7H,1-2,5,13H2. The molecule has 0 atom stereocenters. The molecular weight excluding hydrogens is 290 g/mol. The Hall–Kier alpha value is -0.650. The van der Waals surface area contributed by atoms with Crippen LogP contribution in [0, 0.1) is 0 Å². The summed E-state index contributed by atoms with van der Waals surface area (Å²) in [6.07, 6.45) is 1.51. The predicted octanol–water partition coefficient (Wildman–Crippen LogP) is 2.32. The Labute approximate surface area is 103 Å². The summed E-state index contributed by atoms with van der Waals surface area (Å²) in [5.74, 6) is 0. The number of halogens is 1. The van der Waals surface area contributed by atoms with E-state index in [-0.39, 0.29) is 0 Å². The number of hydrogen-bond acceptors (Lipinski definition) is 3. The fraction of sp³-hybridized carbons (Fsp3) is 0.273. The van der Waals surface area contributed by atoms with Crippen molar-refractivity contribution in [2.75, 3.05) is 6.54 Å². The summed E-state index contributed by atoms with van der Waals surface area (Å²) >= 11 is 3.35. The lowest BCUT2D eigenvalue weighted by atomic mass is 10.0. The van der Waals surface area contributed by atoms with Gasteiger partial charge in [0.05, 0.1) is 4.90 Å². The Kier molecular flexibility index (Phi) is 3.19. The highest BCUT2D eigenvalue weighted by molar-refractivity contribution is 9.10. The predicted molar refractivity (Wildman–Crippen MR) is 67.6 cm³/mol. The third kappa shape index (κ3) is 2.07. The summed E-state index contributed by atoms with van der Waals surface area (Å²) in [5, 5.41) is 1.36. The topological polar surface area (TPSA) is 60.2 Å². The molecule has 1 heterocycles. The molecule has 0 aliphatic carbocycles. The van der Waals surface area contributed by atoms with Crippen molar-refractivity contribution in [2.45, 2.75) is 17.7 Å². The summed E-state index contributed by atoms with van der Waals surface area (Å²) in [5.41, 5.74) is 7.11. The Morgan fingerprint density at radius 2 is 2.06 bits per heavy atom. The molecule has 1 aliphatic heterocycles. The Bertz CT molecular complexity index is 549. The molecule has 0 aromatic heterocycles. The molecule has 0 saturated heterocycles. The lowest BCUT2D eigenvalue weighted by Gasteiger charge is -2.03. The highest BCUT2D eigenvalue weighted by atomic mass is 79.9. The number of rotatable bonds is 3. The maximum atomic E-state index is 11.8. The van der Waals surface area contributed by atoms with Crippen molar-refractivity contribution in [1.82, 2.24) is 0 Å². The van der Waals surface area contributed by atoms with Crippen molar-refractivity contribution in [3.8, 4) is 0 Å². The molecule has 0 amide bonds. The molecule has 0 fully saturated rings. The molecule has 0 spiro atoms. The average molecular weight is 302 g/mol. The molecule has 1 aromatic rings. The summed E-state index contributed by atoms with van der Waals surface area (Å²) in [6, 6.07) is 5.24. The second-order valence-corrected chi connectivity index (χ2v) is 6.40. The zero-order chi connectivity index (χ0) is 11.8. The number of fused-ring (bicyclic) bond motifs is 1. The van der Waals surface area contributed by atoms with Crippen LogP contribution in [0.25, 0.3) is 5.57 Å². The lowest BCUT2D eigenvalue weighted by molar-refractivity contribution is 0.605. The van der Waals surface area contributed by atoms with Crippen LogP contribution >= 0.6 is 15.9 Å².